The Hall–Kier alpha value is -1.45. The van der Waals surface area contributed by atoms with Crippen LogP contribution in [-0.2, 0) is 6.42 Å². The fraction of sp³-hybridized carbons (Fsp3) is 0.333. The van der Waals surface area contributed by atoms with Crippen LogP contribution in [0.1, 0.15) is 12.0 Å². The molecule has 0 aromatic heterocycles. The molecule has 2 nitrogen and oxygen atoms in total. The van der Waals surface area contributed by atoms with Gasteiger partial charge < -0.3 is 9.84 Å². The van der Waals surface area contributed by atoms with E-state index in [1.807, 2.05) is 36.0 Å². The Morgan fingerprint density at radius 2 is 1.90 bits per heavy atom. The third kappa shape index (κ3) is 5.44. The molecule has 21 heavy (non-hydrogen) atoms. The van der Waals surface area contributed by atoms with Crippen LogP contribution >= 0.6 is 11.8 Å². The first-order chi connectivity index (χ1) is 10.3. The summed E-state index contributed by atoms with van der Waals surface area (Å²) in [6.07, 6.45) is 1.90. The predicted molar refractivity (Wildman–Crippen MR) is 89.1 cm³/mol. The van der Waals surface area contributed by atoms with E-state index in [4.69, 9.17) is 4.74 Å². The largest absolute Gasteiger partial charge is 0.497 e. The number of ether oxygens (including phenoxy) is 1. The maximum atomic E-state index is 9.57. The summed E-state index contributed by atoms with van der Waals surface area (Å²) >= 11 is 1.85. The molecular formula is C18H22O2S. The number of thioether (sulfide) groups is 1. The third-order valence-corrected chi connectivity index (χ3v) is 4.50. The molecule has 112 valence electrons. The van der Waals surface area contributed by atoms with Crippen molar-refractivity contribution < 1.29 is 9.84 Å². The Balaban J connectivity index is 1.82. The highest BCUT2D eigenvalue weighted by Gasteiger charge is 2.09. The van der Waals surface area contributed by atoms with E-state index in [1.165, 1.54) is 10.5 Å². The van der Waals surface area contributed by atoms with Crippen LogP contribution in [-0.4, -0.2) is 24.6 Å². The molecule has 0 aliphatic carbocycles. The van der Waals surface area contributed by atoms with Crippen molar-refractivity contribution in [2.45, 2.75) is 17.7 Å². The number of benzene rings is 2. The van der Waals surface area contributed by atoms with E-state index in [9.17, 15) is 5.11 Å². The van der Waals surface area contributed by atoms with Crippen LogP contribution in [0, 0.1) is 5.92 Å². The molecule has 0 saturated carbocycles. The van der Waals surface area contributed by atoms with Gasteiger partial charge in [0.15, 0.2) is 0 Å². The molecule has 0 amide bonds. The molecule has 2 aromatic carbocycles. The molecule has 0 bridgehead atoms. The second-order valence-electron chi connectivity index (χ2n) is 5.05. The highest BCUT2D eigenvalue weighted by Crippen LogP contribution is 2.22. The zero-order valence-electron chi connectivity index (χ0n) is 12.4. The van der Waals surface area contributed by atoms with E-state index in [1.54, 1.807) is 7.11 Å². The van der Waals surface area contributed by atoms with E-state index in [0.29, 0.717) is 5.92 Å². The summed E-state index contributed by atoms with van der Waals surface area (Å²) in [6, 6.07) is 18.5. The lowest BCUT2D eigenvalue weighted by Crippen LogP contribution is -2.10. The lowest BCUT2D eigenvalue weighted by atomic mass is 9.97. The molecule has 0 spiro atoms. The van der Waals surface area contributed by atoms with Crippen molar-refractivity contribution in [3.05, 3.63) is 60.2 Å². The molecule has 0 radical (unpaired) electrons. The number of methoxy groups -OCH3 is 1. The minimum atomic E-state index is 0.229. The molecule has 1 atom stereocenters. The summed E-state index contributed by atoms with van der Waals surface area (Å²) < 4.78 is 5.24. The smallest absolute Gasteiger partial charge is 0.119 e. The van der Waals surface area contributed by atoms with E-state index < -0.39 is 0 Å². The second kappa shape index (κ2) is 8.75. The number of hydrogen-bond acceptors (Lipinski definition) is 3. The fourth-order valence-electron chi connectivity index (χ4n) is 2.25. The first-order valence-corrected chi connectivity index (χ1v) is 8.22. The van der Waals surface area contributed by atoms with E-state index in [0.717, 1.165) is 24.3 Å². The predicted octanol–water partition coefficient (Wildman–Crippen LogP) is 4.03. The highest BCUT2D eigenvalue weighted by atomic mass is 32.2. The SMILES string of the molecule is COc1cccc(CC(CO)CCSc2ccccc2)c1. The van der Waals surface area contributed by atoms with Gasteiger partial charge in [-0.15, -0.1) is 11.8 Å². The van der Waals surface area contributed by atoms with Gasteiger partial charge in [-0.3, -0.25) is 0 Å². The molecule has 2 aromatic rings. The van der Waals surface area contributed by atoms with Crippen LogP contribution < -0.4 is 4.74 Å². The topological polar surface area (TPSA) is 29.5 Å². The van der Waals surface area contributed by atoms with Crippen molar-refractivity contribution in [2.24, 2.45) is 5.92 Å². The number of aliphatic hydroxyl groups is 1. The van der Waals surface area contributed by atoms with Crippen molar-refractivity contribution in [3.8, 4) is 5.75 Å². The summed E-state index contributed by atoms with van der Waals surface area (Å²) in [5, 5.41) is 9.57. The van der Waals surface area contributed by atoms with Gasteiger partial charge in [0.25, 0.3) is 0 Å². The van der Waals surface area contributed by atoms with E-state index in [-0.39, 0.29) is 6.61 Å². The normalized spacial score (nSPS) is 12.1. The molecular weight excluding hydrogens is 280 g/mol. The minimum Gasteiger partial charge on any atom is -0.497 e. The van der Waals surface area contributed by atoms with Gasteiger partial charge in [0.05, 0.1) is 7.11 Å². The van der Waals surface area contributed by atoms with Gasteiger partial charge in [0.1, 0.15) is 5.75 Å². The van der Waals surface area contributed by atoms with Gasteiger partial charge in [0, 0.05) is 11.5 Å². The number of hydrogen-bond donors (Lipinski definition) is 1. The van der Waals surface area contributed by atoms with Crippen molar-refractivity contribution >= 4 is 11.8 Å². The Bertz CT molecular complexity index is 528. The zero-order valence-corrected chi connectivity index (χ0v) is 13.2. The molecule has 1 N–H and O–H groups in total. The number of rotatable bonds is 8. The van der Waals surface area contributed by atoms with Gasteiger partial charge in [-0.05, 0) is 54.3 Å². The van der Waals surface area contributed by atoms with Gasteiger partial charge in [-0.2, -0.15) is 0 Å². The summed E-state index contributed by atoms with van der Waals surface area (Å²) in [7, 11) is 1.68. The number of aliphatic hydroxyl groups excluding tert-OH is 1. The monoisotopic (exact) mass is 302 g/mol. The van der Waals surface area contributed by atoms with E-state index in [2.05, 4.69) is 30.3 Å². The van der Waals surface area contributed by atoms with Gasteiger partial charge >= 0.3 is 0 Å². The van der Waals surface area contributed by atoms with E-state index >= 15 is 0 Å². The maximum absolute atomic E-state index is 9.57. The fourth-order valence-corrected chi connectivity index (χ4v) is 3.29. The second-order valence-corrected chi connectivity index (χ2v) is 6.22. The molecule has 2 rings (SSSR count). The first-order valence-electron chi connectivity index (χ1n) is 7.23. The minimum absolute atomic E-state index is 0.229. The molecule has 0 saturated heterocycles. The van der Waals surface area contributed by atoms with Crippen molar-refractivity contribution in [1.29, 1.82) is 0 Å². The van der Waals surface area contributed by atoms with Crippen molar-refractivity contribution in [2.75, 3.05) is 19.5 Å². The quantitative estimate of drug-likeness (QED) is 0.747. The van der Waals surface area contributed by atoms with Crippen LogP contribution in [0.15, 0.2) is 59.5 Å². The summed E-state index contributed by atoms with van der Waals surface area (Å²) in [5.41, 5.74) is 1.22. The van der Waals surface area contributed by atoms with Crippen LogP contribution in [0.25, 0.3) is 0 Å². The Morgan fingerprint density at radius 1 is 1.10 bits per heavy atom. The Labute approximate surface area is 131 Å². The van der Waals surface area contributed by atoms with Crippen molar-refractivity contribution in [1.82, 2.24) is 0 Å². The Kier molecular flexibility index (Phi) is 6.64. The summed E-state index contributed by atoms with van der Waals surface area (Å²) in [6.45, 7) is 0.229. The van der Waals surface area contributed by atoms with Gasteiger partial charge in [-0.25, -0.2) is 0 Å². The summed E-state index contributed by atoms with van der Waals surface area (Å²) in [4.78, 5) is 1.29. The summed E-state index contributed by atoms with van der Waals surface area (Å²) in [5.74, 6) is 2.20. The average molecular weight is 302 g/mol. The first kappa shape index (κ1) is 15.9. The highest BCUT2D eigenvalue weighted by molar-refractivity contribution is 7.99. The lowest BCUT2D eigenvalue weighted by molar-refractivity contribution is 0.223. The maximum Gasteiger partial charge on any atom is 0.119 e. The zero-order chi connectivity index (χ0) is 14.9. The van der Waals surface area contributed by atoms with Crippen LogP contribution in [0.3, 0.4) is 0 Å². The average Bonchev–Trinajstić information content (AvgIpc) is 2.55. The van der Waals surface area contributed by atoms with Crippen LogP contribution in [0.4, 0.5) is 0 Å². The van der Waals surface area contributed by atoms with Crippen LogP contribution in [0.2, 0.25) is 0 Å². The Morgan fingerprint density at radius 3 is 2.62 bits per heavy atom. The van der Waals surface area contributed by atoms with Crippen molar-refractivity contribution in [3.63, 3.8) is 0 Å². The molecule has 0 fully saturated rings. The standard InChI is InChI=1S/C18H22O2S/c1-20-17-7-5-6-15(13-17)12-16(14-19)10-11-21-18-8-3-2-4-9-18/h2-9,13,16,19H,10-12,14H2,1H3. The van der Waals surface area contributed by atoms with Gasteiger partial charge in [0.2, 0.25) is 0 Å². The third-order valence-electron chi connectivity index (χ3n) is 3.45. The van der Waals surface area contributed by atoms with Gasteiger partial charge in [-0.1, -0.05) is 30.3 Å². The molecule has 0 aliphatic rings. The molecule has 0 heterocycles. The molecule has 1 unspecified atom stereocenters. The molecule has 0 aliphatic heterocycles. The lowest BCUT2D eigenvalue weighted by Gasteiger charge is -2.14. The molecule has 3 heteroatoms. The van der Waals surface area contributed by atoms with Crippen LogP contribution in [0.5, 0.6) is 5.75 Å².